The van der Waals surface area contributed by atoms with Crippen molar-refractivity contribution >= 4 is 12.7 Å². The standard InChI is InChI=1S/C15H18NO2P/c1-2-18-19(17,14-11-7-4-8-12-14)15(16)13-9-5-3-6-10-13/h3-12,15H,2,16H2,1H3/t15-,19?/m0/s1. The molecule has 0 aromatic heterocycles. The first-order valence-electron chi connectivity index (χ1n) is 6.29. The maximum absolute atomic E-state index is 13.2. The molecular formula is C15H18NO2P. The van der Waals surface area contributed by atoms with Crippen LogP contribution in [-0.2, 0) is 9.09 Å². The van der Waals surface area contributed by atoms with Crippen LogP contribution >= 0.6 is 7.37 Å². The Morgan fingerprint density at radius 2 is 1.58 bits per heavy atom. The van der Waals surface area contributed by atoms with Gasteiger partial charge in [-0.15, -0.1) is 0 Å². The lowest BCUT2D eigenvalue weighted by Crippen LogP contribution is -2.20. The molecule has 0 saturated heterocycles. The third-order valence-corrected chi connectivity index (χ3v) is 5.63. The minimum Gasteiger partial charge on any atom is -0.324 e. The van der Waals surface area contributed by atoms with E-state index in [1.54, 1.807) is 12.1 Å². The lowest BCUT2D eigenvalue weighted by atomic mass is 10.2. The van der Waals surface area contributed by atoms with Crippen molar-refractivity contribution in [3.05, 3.63) is 66.2 Å². The maximum atomic E-state index is 13.2. The van der Waals surface area contributed by atoms with E-state index in [0.29, 0.717) is 11.9 Å². The van der Waals surface area contributed by atoms with Crippen LogP contribution in [0, 0.1) is 0 Å². The van der Waals surface area contributed by atoms with Crippen molar-refractivity contribution in [2.45, 2.75) is 12.7 Å². The highest BCUT2D eigenvalue weighted by atomic mass is 31.2. The summed E-state index contributed by atoms with van der Waals surface area (Å²) in [5.41, 5.74) is 7.03. The number of hydrogen-bond donors (Lipinski definition) is 1. The molecule has 0 aliphatic heterocycles. The average Bonchev–Trinajstić information content (AvgIpc) is 2.48. The largest absolute Gasteiger partial charge is 0.324 e. The Kier molecular flexibility index (Phi) is 4.54. The summed E-state index contributed by atoms with van der Waals surface area (Å²) in [6.07, 6.45) is 0. The van der Waals surface area contributed by atoms with Crippen molar-refractivity contribution in [3.63, 3.8) is 0 Å². The predicted molar refractivity (Wildman–Crippen MR) is 78.7 cm³/mol. The van der Waals surface area contributed by atoms with Crippen LogP contribution in [0.5, 0.6) is 0 Å². The molecule has 100 valence electrons. The molecule has 0 saturated carbocycles. The molecular weight excluding hydrogens is 257 g/mol. The summed E-state index contributed by atoms with van der Waals surface area (Å²) in [6.45, 7) is 2.19. The summed E-state index contributed by atoms with van der Waals surface area (Å²) in [7, 11) is -3.11. The Morgan fingerprint density at radius 3 is 2.11 bits per heavy atom. The van der Waals surface area contributed by atoms with Gasteiger partial charge in [-0.3, -0.25) is 4.57 Å². The highest BCUT2D eigenvalue weighted by molar-refractivity contribution is 7.67. The average molecular weight is 275 g/mol. The van der Waals surface area contributed by atoms with Gasteiger partial charge in [-0.05, 0) is 24.6 Å². The molecule has 0 radical (unpaired) electrons. The van der Waals surface area contributed by atoms with E-state index in [1.165, 1.54) is 0 Å². The highest BCUT2D eigenvalue weighted by Crippen LogP contribution is 2.56. The Bertz CT molecular complexity index is 557. The monoisotopic (exact) mass is 275 g/mol. The van der Waals surface area contributed by atoms with Crippen molar-refractivity contribution in [1.29, 1.82) is 0 Å². The van der Waals surface area contributed by atoms with Crippen molar-refractivity contribution in [2.75, 3.05) is 6.61 Å². The van der Waals surface area contributed by atoms with E-state index in [1.807, 2.05) is 55.5 Å². The van der Waals surface area contributed by atoms with E-state index in [4.69, 9.17) is 10.3 Å². The zero-order chi connectivity index (χ0) is 13.7. The topological polar surface area (TPSA) is 52.3 Å². The van der Waals surface area contributed by atoms with E-state index in [2.05, 4.69) is 0 Å². The quantitative estimate of drug-likeness (QED) is 0.852. The number of rotatable bonds is 5. The van der Waals surface area contributed by atoms with E-state index in [-0.39, 0.29) is 0 Å². The summed E-state index contributed by atoms with van der Waals surface area (Å²) in [5.74, 6) is -0.643. The van der Waals surface area contributed by atoms with E-state index in [0.717, 1.165) is 5.56 Å². The fourth-order valence-corrected chi connectivity index (χ4v) is 4.16. The number of benzene rings is 2. The van der Waals surface area contributed by atoms with E-state index >= 15 is 0 Å². The maximum Gasteiger partial charge on any atom is 0.252 e. The zero-order valence-electron chi connectivity index (χ0n) is 10.9. The van der Waals surface area contributed by atoms with Crippen LogP contribution in [0.15, 0.2) is 60.7 Å². The SMILES string of the molecule is CCOP(=O)(c1ccccc1)[C@H](N)c1ccccc1. The predicted octanol–water partition coefficient (Wildman–Crippen LogP) is 3.28. The smallest absolute Gasteiger partial charge is 0.252 e. The van der Waals surface area contributed by atoms with E-state index in [9.17, 15) is 4.57 Å². The van der Waals surface area contributed by atoms with Crippen molar-refractivity contribution < 1.29 is 9.09 Å². The Labute approximate surface area is 113 Å². The van der Waals surface area contributed by atoms with Gasteiger partial charge < -0.3 is 10.3 Å². The number of nitrogens with two attached hydrogens (primary N) is 1. The van der Waals surface area contributed by atoms with Crippen LogP contribution in [0.1, 0.15) is 18.3 Å². The third-order valence-electron chi connectivity index (χ3n) is 2.94. The first-order chi connectivity index (χ1) is 9.18. The van der Waals surface area contributed by atoms with Crippen LogP contribution in [0.25, 0.3) is 0 Å². The van der Waals surface area contributed by atoms with Crippen LogP contribution in [0.3, 0.4) is 0 Å². The zero-order valence-corrected chi connectivity index (χ0v) is 11.8. The molecule has 2 N–H and O–H groups in total. The second-order valence-corrected chi connectivity index (χ2v) is 6.73. The summed E-state index contributed by atoms with van der Waals surface area (Å²) >= 11 is 0. The van der Waals surface area contributed by atoms with Crippen LogP contribution < -0.4 is 11.0 Å². The summed E-state index contributed by atoms with van der Waals surface area (Å²) in [4.78, 5) is 0. The molecule has 0 amide bonds. The molecule has 2 rings (SSSR count). The molecule has 0 bridgehead atoms. The third kappa shape index (κ3) is 2.95. The van der Waals surface area contributed by atoms with Crippen molar-refractivity contribution in [3.8, 4) is 0 Å². The minimum absolute atomic E-state index is 0.368. The van der Waals surface area contributed by atoms with Gasteiger partial charge in [0, 0.05) is 5.30 Å². The van der Waals surface area contributed by atoms with Gasteiger partial charge in [-0.2, -0.15) is 0 Å². The molecule has 0 heterocycles. The lowest BCUT2D eigenvalue weighted by Gasteiger charge is -2.24. The van der Waals surface area contributed by atoms with Crippen molar-refractivity contribution in [2.24, 2.45) is 5.73 Å². The van der Waals surface area contributed by atoms with Crippen LogP contribution in [0.4, 0.5) is 0 Å². The molecule has 1 unspecified atom stereocenters. The number of hydrogen-bond acceptors (Lipinski definition) is 3. The molecule has 2 aromatic carbocycles. The summed E-state index contributed by atoms with van der Waals surface area (Å²) in [5, 5.41) is 0.660. The van der Waals surface area contributed by atoms with Crippen LogP contribution in [-0.4, -0.2) is 6.61 Å². The second kappa shape index (κ2) is 6.16. The minimum atomic E-state index is -3.11. The molecule has 19 heavy (non-hydrogen) atoms. The van der Waals surface area contributed by atoms with Gasteiger partial charge in [0.1, 0.15) is 5.78 Å². The van der Waals surface area contributed by atoms with Gasteiger partial charge >= 0.3 is 0 Å². The van der Waals surface area contributed by atoms with Gasteiger partial charge in [0.15, 0.2) is 0 Å². The molecule has 4 heteroatoms. The fraction of sp³-hybridized carbons (Fsp3) is 0.200. The Balaban J connectivity index is 2.43. The summed E-state index contributed by atoms with van der Waals surface area (Å²) in [6, 6.07) is 18.6. The molecule has 0 aliphatic carbocycles. The normalized spacial score (nSPS) is 15.7. The first kappa shape index (κ1) is 14.0. The highest BCUT2D eigenvalue weighted by Gasteiger charge is 2.34. The van der Waals surface area contributed by atoms with Gasteiger partial charge in [0.05, 0.1) is 6.61 Å². The lowest BCUT2D eigenvalue weighted by molar-refractivity contribution is 0.334. The molecule has 0 fully saturated rings. The molecule has 3 nitrogen and oxygen atoms in total. The Morgan fingerprint density at radius 1 is 1.05 bits per heavy atom. The van der Waals surface area contributed by atoms with Gasteiger partial charge in [-0.1, -0.05) is 48.5 Å². The summed E-state index contributed by atoms with van der Waals surface area (Å²) < 4.78 is 18.7. The van der Waals surface area contributed by atoms with E-state index < -0.39 is 13.2 Å². The Hall–Kier alpha value is -1.41. The van der Waals surface area contributed by atoms with Gasteiger partial charge in [0.2, 0.25) is 0 Å². The molecule has 0 aliphatic rings. The van der Waals surface area contributed by atoms with Crippen LogP contribution in [0.2, 0.25) is 0 Å². The van der Waals surface area contributed by atoms with Gasteiger partial charge in [0.25, 0.3) is 7.37 Å². The molecule has 2 atom stereocenters. The van der Waals surface area contributed by atoms with Gasteiger partial charge in [-0.25, -0.2) is 0 Å². The fourth-order valence-electron chi connectivity index (χ4n) is 1.99. The second-order valence-electron chi connectivity index (χ2n) is 4.21. The molecule has 0 spiro atoms. The first-order valence-corrected chi connectivity index (χ1v) is 7.98. The van der Waals surface area contributed by atoms with Crippen molar-refractivity contribution in [1.82, 2.24) is 0 Å². The molecule has 2 aromatic rings.